The molecule has 1 aromatic carbocycles. The van der Waals surface area contributed by atoms with Crippen LogP contribution in [0.3, 0.4) is 0 Å². The molecule has 2 atom stereocenters. The van der Waals surface area contributed by atoms with Gasteiger partial charge < -0.3 is 14.7 Å². The smallest absolute Gasteiger partial charge is 0.125 e. The number of likely N-dealkylation sites (N-methyl/N-ethyl adjacent to an activating group) is 1. The average Bonchev–Trinajstić information content (AvgIpc) is 3.07. The highest BCUT2D eigenvalue weighted by atomic mass is 35.5. The van der Waals surface area contributed by atoms with Gasteiger partial charge in [0.1, 0.15) is 11.4 Å². The second-order valence-corrected chi connectivity index (χ2v) is 8.75. The van der Waals surface area contributed by atoms with Crippen LogP contribution in [-0.4, -0.2) is 61.3 Å². The number of aliphatic hydroxyl groups is 1. The maximum Gasteiger partial charge on any atom is 0.125 e. The number of hydrogen-bond acceptors (Lipinski definition) is 4. The molecule has 1 saturated heterocycles. The number of halogens is 1. The van der Waals surface area contributed by atoms with Gasteiger partial charge in [-0.1, -0.05) is 44.2 Å². The predicted molar refractivity (Wildman–Crippen MR) is 114 cm³/mol. The fraction of sp³-hybridized carbons (Fsp3) is 0.727. The summed E-state index contributed by atoms with van der Waals surface area (Å²) in [5, 5.41) is 11.9. The van der Waals surface area contributed by atoms with Gasteiger partial charge in [0.2, 0.25) is 0 Å². The highest BCUT2D eigenvalue weighted by Gasteiger charge is 2.33. The van der Waals surface area contributed by atoms with Crippen LogP contribution in [-0.2, 0) is 5.60 Å². The van der Waals surface area contributed by atoms with Gasteiger partial charge in [0, 0.05) is 29.7 Å². The summed E-state index contributed by atoms with van der Waals surface area (Å²) in [7, 11) is 4.24. The van der Waals surface area contributed by atoms with E-state index in [0.717, 1.165) is 37.2 Å². The summed E-state index contributed by atoms with van der Waals surface area (Å²) >= 11 is 6.24. The lowest BCUT2D eigenvalue weighted by Crippen LogP contribution is -2.40. The normalized spacial score (nSPS) is 20.2. The Hall–Kier alpha value is -0.810. The van der Waals surface area contributed by atoms with Gasteiger partial charge in [0.05, 0.1) is 6.61 Å². The minimum absolute atomic E-state index is 0.555. The van der Waals surface area contributed by atoms with Gasteiger partial charge in [0.25, 0.3) is 0 Å². The van der Waals surface area contributed by atoms with Gasteiger partial charge in [-0.15, -0.1) is 0 Å². The Kier molecular flexibility index (Phi) is 8.87. The molecule has 0 spiro atoms. The quantitative estimate of drug-likeness (QED) is 0.557. The molecule has 2 rings (SSSR count). The first-order valence-corrected chi connectivity index (χ1v) is 10.7. The number of β-amino-alcohol motifs (C(OH)–C–C–N with tert-alkyl or cyclic N) is 1. The zero-order valence-electron chi connectivity index (χ0n) is 17.5. The molecular formula is C22H37ClN2O2. The van der Waals surface area contributed by atoms with Crippen molar-refractivity contribution in [1.29, 1.82) is 0 Å². The van der Waals surface area contributed by atoms with Crippen LogP contribution in [0.15, 0.2) is 18.2 Å². The highest BCUT2D eigenvalue weighted by Crippen LogP contribution is 2.34. The second-order valence-electron chi connectivity index (χ2n) is 8.32. The molecule has 2 unspecified atom stereocenters. The largest absolute Gasteiger partial charge is 0.493 e. The van der Waals surface area contributed by atoms with Crippen molar-refractivity contribution in [2.24, 2.45) is 0 Å². The lowest BCUT2D eigenvalue weighted by atomic mass is 9.94. The number of benzene rings is 1. The van der Waals surface area contributed by atoms with E-state index in [0.29, 0.717) is 24.2 Å². The molecule has 0 aromatic heterocycles. The maximum atomic E-state index is 11.3. The van der Waals surface area contributed by atoms with Crippen molar-refractivity contribution in [1.82, 2.24) is 9.80 Å². The highest BCUT2D eigenvalue weighted by molar-refractivity contribution is 6.30. The van der Waals surface area contributed by atoms with E-state index in [-0.39, 0.29) is 0 Å². The third-order valence-electron chi connectivity index (χ3n) is 5.54. The SMILES string of the molecule is CCCCCCCOc1ccc(Cl)cc1C(C)(O)CN1CCC(N(C)C)C1. The van der Waals surface area contributed by atoms with Crippen molar-refractivity contribution in [2.75, 3.05) is 40.3 Å². The van der Waals surface area contributed by atoms with Crippen molar-refractivity contribution in [2.45, 2.75) is 64.0 Å². The van der Waals surface area contributed by atoms with Gasteiger partial charge in [0.15, 0.2) is 0 Å². The second kappa shape index (κ2) is 10.7. The zero-order chi connectivity index (χ0) is 19.9. The minimum Gasteiger partial charge on any atom is -0.493 e. The molecule has 1 N–H and O–H groups in total. The molecule has 1 fully saturated rings. The molecule has 27 heavy (non-hydrogen) atoms. The number of unbranched alkanes of at least 4 members (excludes halogenated alkanes) is 4. The van der Waals surface area contributed by atoms with Crippen molar-refractivity contribution in [3.8, 4) is 5.75 Å². The number of hydrogen-bond donors (Lipinski definition) is 1. The fourth-order valence-electron chi connectivity index (χ4n) is 3.83. The van der Waals surface area contributed by atoms with E-state index in [2.05, 4.69) is 30.8 Å². The third-order valence-corrected chi connectivity index (χ3v) is 5.77. The van der Waals surface area contributed by atoms with Crippen LogP contribution in [0.5, 0.6) is 5.75 Å². The molecule has 0 saturated carbocycles. The van der Waals surface area contributed by atoms with Gasteiger partial charge in [-0.25, -0.2) is 0 Å². The van der Waals surface area contributed by atoms with Crippen LogP contribution >= 0.6 is 11.6 Å². The van der Waals surface area contributed by atoms with Crippen LogP contribution in [0.4, 0.5) is 0 Å². The van der Waals surface area contributed by atoms with E-state index in [1.165, 1.54) is 25.7 Å². The lowest BCUT2D eigenvalue weighted by molar-refractivity contribution is 0.0187. The Bertz CT molecular complexity index is 577. The fourth-order valence-corrected chi connectivity index (χ4v) is 4.01. The summed E-state index contributed by atoms with van der Waals surface area (Å²) in [5.41, 5.74) is -0.208. The van der Waals surface area contributed by atoms with Crippen LogP contribution in [0.2, 0.25) is 5.02 Å². The molecule has 1 aromatic rings. The Balaban J connectivity index is 1.99. The van der Waals surface area contributed by atoms with Crippen molar-refractivity contribution in [3.63, 3.8) is 0 Å². The molecule has 5 heteroatoms. The van der Waals surface area contributed by atoms with E-state index in [4.69, 9.17) is 16.3 Å². The molecule has 154 valence electrons. The van der Waals surface area contributed by atoms with E-state index < -0.39 is 5.60 Å². The molecule has 0 aliphatic carbocycles. The summed E-state index contributed by atoms with van der Waals surface area (Å²) in [4.78, 5) is 4.60. The number of nitrogens with zero attached hydrogens (tertiary/aromatic N) is 2. The van der Waals surface area contributed by atoms with Crippen molar-refractivity contribution < 1.29 is 9.84 Å². The monoisotopic (exact) mass is 396 g/mol. The van der Waals surface area contributed by atoms with Crippen LogP contribution < -0.4 is 4.74 Å². The van der Waals surface area contributed by atoms with Gasteiger partial charge in [-0.3, -0.25) is 4.90 Å². The first-order valence-electron chi connectivity index (χ1n) is 10.4. The number of rotatable bonds is 11. The molecule has 1 aliphatic rings. The molecule has 0 radical (unpaired) electrons. The summed E-state index contributed by atoms with van der Waals surface area (Å²) in [6.45, 7) is 7.35. The Labute approximate surface area is 170 Å². The maximum absolute atomic E-state index is 11.3. The summed E-state index contributed by atoms with van der Waals surface area (Å²) in [5.74, 6) is 0.753. The summed E-state index contributed by atoms with van der Waals surface area (Å²) < 4.78 is 6.04. The molecule has 1 aliphatic heterocycles. The van der Waals surface area contributed by atoms with E-state index >= 15 is 0 Å². The van der Waals surface area contributed by atoms with Gasteiger partial charge in [-0.05, 0) is 58.6 Å². The Morgan fingerprint density at radius 3 is 2.67 bits per heavy atom. The Morgan fingerprint density at radius 1 is 1.26 bits per heavy atom. The van der Waals surface area contributed by atoms with Crippen LogP contribution in [0.1, 0.15) is 57.9 Å². The zero-order valence-corrected chi connectivity index (χ0v) is 18.3. The van der Waals surface area contributed by atoms with E-state index in [1.807, 2.05) is 25.1 Å². The third kappa shape index (κ3) is 6.94. The van der Waals surface area contributed by atoms with E-state index in [1.54, 1.807) is 0 Å². The molecular weight excluding hydrogens is 360 g/mol. The molecule has 1 heterocycles. The number of ether oxygens (including phenoxy) is 1. The van der Waals surface area contributed by atoms with Crippen molar-refractivity contribution >= 4 is 11.6 Å². The minimum atomic E-state index is -0.996. The Morgan fingerprint density at radius 2 is 2.00 bits per heavy atom. The van der Waals surface area contributed by atoms with Crippen LogP contribution in [0.25, 0.3) is 0 Å². The molecule has 0 amide bonds. The predicted octanol–water partition coefficient (Wildman–Crippen LogP) is 4.53. The first-order chi connectivity index (χ1) is 12.8. The average molecular weight is 397 g/mol. The number of likely N-dealkylation sites (tertiary alicyclic amines) is 1. The van der Waals surface area contributed by atoms with Gasteiger partial charge >= 0.3 is 0 Å². The first kappa shape index (κ1) is 22.5. The van der Waals surface area contributed by atoms with E-state index in [9.17, 15) is 5.11 Å². The van der Waals surface area contributed by atoms with Crippen LogP contribution in [0, 0.1) is 0 Å². The summed E-state index contributed by atoms with van der Waals surface area (Å²) in [6.07, 6.45) is 7.15. The van der Waals surface area contributed by atoms with Crippen molar-refractivity contribution in [3.05, 3.63) is 28.8 Å². The topological polar surface area (TPSA) is 35.9 Å². The summed E-state index contributed by atoms with van der Waals surface area (Å²) in [6, 6.07) is 6.14. The lowest BCUT2D eigenvalue weighted by Gasteiger charge is -2.31. The van der Waals surface area contributed by atoms with Gasteiger partial charge in [-0.2, -0.15) is 0 Å². The molecule has 4 nitrogen and oxygen atoms in total. The molecule has 0 bridgehead atoms. The standard InChI is InChI=1S/C22H37ClN2O2/c1-5-6-7-8-9-14-27-21-11-10-18(23)15-20(21)22(2,26)17-25-13-12-19(16-25)24(3)4/h10-11,15,19,26H,5-9,12-14,16-17H2,1-4H3.